The van der Waals surface area contributed by atoms with E-state index in [4.69, 9.17) is 9.47 Å². The fourth-order valence-corrected chi connectivity index (χ4v) is 7.08. The van der Waals surface area contributed by atoms with E-state index in [9.17, 15) is 19.5 Å². The molecule has 0 aromatic heterocycles. The maximum Gasteiger partial charge on any atom is 0.319 e. The Morgan fingerprint density at radius 1 is 1.00 bits per heavy atom. The van der Waals surface area contributed by atoms with Crippen LogP contribution >= 0.6 is 0 Å². The van der Waals surface area contributed by atoms with Crippen molar-refractivity contribution in [1.29, 1.82) is 0 Å². The van der Waals surface area contributed by atoms with E-state index in [1.54, 1.807) is 23.1 Å². The first kappa shape index (κ1) is 36.0. The number of nitrogens with zero attached hydrogens (tertiary/aromatic N) is 2. The van der Waals surface area contributed by atoms with Crippen molar-refractivity contribution < 1.29 is 29.0 Å². The van der Waals surface area contributed by atoms with E-state index in [1.807, 2.05) is 32.7 Å². The largest absolute Gasteiger partial charge is 0.490 e. The van der Waals surface area contributed by atoms with Gasteiger partial charge in [0.05, 0.1) is 30.4 Å². The highest BCUT2D eigenvalue weighted by molar-refractivity contribution is 5.99. The predicted molar refractivity (Wildman–Crippen MR) is 180 cm³/mol. The van der Waals surface area contributed by atoms with Crippen LogP contribution in [0.25, 0.3) is 0 Å². The molecule has 4 rings (SSSR count). The molecule has 46 heavy (non-hydrogen) atoms. The molecule has 1 aromatic rings. The van der Waals surface area contributed by atoms with E-state index in [2.05, 4.69) is 10.6 Å². The summed E-state index contributed by atoms with van der Waals surface area (Å²) in [6, 6.07) is 4.62. The Hall–Kier alpha value is -2.85. The SMILES string of the molecule is C[C@H](CO)N1C[C@H](C)[C@@H](CN(C)C(=O)C2CCCCC2)OCCCC[C@H](C)Oc2ccc(NC(=O)NC3CCCCC3)cc2C1=O. The molecule has 4 atom stereocenters. The molecule has 4 amide bonds. The average Bonchev–Trinajstić information content (AvgIpc) is 3.06. The Balaban J connectivity index is 1.56. The van der Waals surface area contributed by atoms with Crippen molar-refractivity contribution in [2.45, 2.75) is 129 Å². The van der Waals surface area contributed by atoms with E-state index in [0.717, 1.165) is 70.6 Å². The molecule has 0 saturated heterocycles. The van der Waals surface area contributed by atoms with Crippen molar-refractivity contribution in [2.24, 2.45) is 11.8 Å². The fraction of sp³-hybridized carbons (Fsp3) is 0.750. The highest BCUT2D eigenvalue weighted by Crippen LogP contribution is 2.29. The van der Waals surface area contributed by atoms with Gasteiger partial charge in [0.25, 0.3) is 5.91 Å². The van der Waals surface area contributed by atoms with Crippen LogP contribution in [0.1, 0.15) is 115 Å². The fourth-order valence-electron chi connectivity index (χ4n) is 7.08. The average molecular weight is 643 g/mol. The second-order valence-electron chi connectivity index (χ2n) is 14.0. The lowest BCUT2D eigenvalue weighted by molar-refractivity contribution is -0.137. The molecule has 3 N–H and O–H groups in total. The van der Waals surface area contributed by atoms with Crippen molar-refractivity contribution in [2.75, 3.05) is 38.7 Å². The number of aliphatic hydroxyl groups excluding tert-OH is 1. The summed E-state index contributed by atoms with van der Waals surface area (Å²) in [4.78, 5) is 44.1. The first-order chi connectivity index (χ1) is 22.2. The normalized spacial score (nSPS) is 25.0. The number of amides is 4. The van der Waals surface area contributed by atoms with Gasteiger partial charge in [-0.05, 0) is 77.0 Å². The highest BCUT2D eigenvalue weighted by atomic mass is 16.5. The van der Waals surface area contributed by atoms with Crippen LogP contribution in [-0.2, 0) is 9.53 Å². The smallest absolute Gasteiger partial charge is 0.319 e. The molecule has 2 saturated carbocycles. The zero-order valence-corrected chi connectivity index (χ0v) is 28.6. The topological polar surface area (TPSA) is 120 Å². The molecular formula is C36H58N4O6. The van der Waals surface area contributed by atoms with Gasteiger partial charge in [0, 0.05) is 50.3 Å². The number of benzene rings is 1. The lowest BCUT2D eigenvalue weighted by Gasteiger charge is -2.36. The number of nitrogens with one attached hydrogen (secondary N) is 2. The molecule has 3 aliphatic rings. The van der Waals surface area contributed by atoms with Crippen molar-refractivity contribution in [3.8, 4) is 5.75 Å². The number of carbonyl (C=O) groups excluding carboxylic acids is 3. The summed E-state index contributed by atoms with van der Waals surface area (Å²) >= 11 is 0. The Kier molecular flexibility index (Phi) is 14.0. The van der Waals surface area contributed by atoms with Gasteiger partial charge in [-0.1, -0.05) is 45.4 Å². The van der Waals surface area contributed by atoms with E-state index in [0.29, 0.717) is 36.7 Å². The molecule has 0 radical (unpaired) electrons. The Bertz CT molecular complexity index is 1140. The Morgan fingerprint density at radius 2 is 1.67 bits per heavy atom. The minimum absolute atomic E-state index is 0.0746. The van der Waals surface area contributed by atoms with Gasteiger partial charge >= 0.3 is 6.03 Å². The third-order valence-corrected chi connectivity index (χ3v) is 10.0. The van der Waals surface area contributed by atoms with Gasteiger partial charge in [0.15, 0.2) is 0 Å². The maximum absolute atomic E-state index is 14.4. The lowest BCUT2D eigenvalue weighted by atomic mass is 9.88. The van der Waals surface area contributed by atoms with Crippen molar-refractivity contribution in [3.63, 3.8) is 0 Å². The quantitative estimate of drug-likeness (QED) is 0.337. The number of urea groups is 1. The Labute approximate surface area is 275 Å². The van der Waals surface area contributed by atoms with E-state index in [1.165, 1.54) is 12.8 Å². The standard InChI is InChI=1S/C36H58N4O6/c1-25-22-40(26(2)24-41)35(43)31-21-30(38-36(44)37-29-16-9-6-10-17-29)18-19-32(31)46-27(3)13-11-12-20-45-33(25)23-39(4)34(42)28-14-7-5-8-15-28/h18-19,21,25-29,33,41H,5-17,20,22-24H2,1-4H3,(H2,37,38,44)/t25-,26+,27-,33+/m0/s1. The number of hydrogen-bond donors (Lipinski definition) is 3. The molecule has 0 unspecified atom stereocenters. The lowest BCUT2D eigenvalue weighted by Crippen LogP contribution is -2.48. The van der Waals surface area contributed by atoms with Gasteiger partial charge in [-0.2, -0.15) is 0 Å². The van der Waals surface area contributed by atoms with Gasteiger partial charge in [0.1, 0.15) is 5.75 Å². The van der Waals surface area contributed by atoms with Crippen LogP contribution in [0.4, 0.5) is 10.5 Å². The molecular weight excluding hydrogens is 584 g/mol. The number of anilines is 1. The molecule has 258 valence electrons. The molecule has 10 nitrogen and oxygen atoms in total. The van der Waals surface area contributed by atoms with E-state index in [-0.39, 0.29) is 54.5 Å². The number of rotatable bonds is 7. The summed E-state index contributed by atoms with van der Waals surface area (Å²) in [5, 5.41) is 16.2. The van der Waals surface area contributed by atoms with E-state index >= 15 is 0 Å². The summed E-state index contributed by atoms with van der Waals surface area (Å²) in [6.07, 6.45) is 12.8. The number of likely N-dealkylation sites (N-methyl/N-ethyl adjacent to an activating group) is 1. The molecule has 1 heterocycles. The molecule has 2 aliphatic carbocycles. The number of aliphatic hydroxyl groups is 1. The van der Waals surface area contributed by atoms with Crippen LogP contribution in [0.2, 0.25) is 0 Å². The number of fused-ring (bicyclic) bond motifs is 1. The van der Waals surface area contributed by atoms with Gasteiger partial charge in [-0.3, -0.25) is 9.59 Å². The Morgan fingerprint density at radius 3 is 2.37 bits per heavy atom. The summed E-state index contributed by atoms with van der Waals surface area (Å²) < 4.78 is 12.8. The van der Waals surface area contributed by atoms with Gasteiger partial charge in [-0.25, -0.2) is 4.79 Å². The summed E-state index contributed by atoms with van der Waals surface area (Å²) in [7, 11) is 1.87. The molecule has 10 heteroatoms. The van der Waals surface area contributed by atoms with Crippen LogP contribution in [-0.4, -0.2) is 90.4 Å². The zero-order chi connectivity index (χ0) is 33.1. The summed E-state index contributed by atoms with van der Waals surface area (Å²) in [5.41, 5.74) is 0.848. The maximum atomic E-state index is 14.4. The molecule has 0 spiro atoms. The zero-order valence-electron chi connectivity index (χ0n) is 28.6. The first-order valence-electron chi connectivity index (χ1n) is 17.8. The molecule has 2 fully saturated rings. The number of carbonyl (C=O) groups is 3. The molecule has 1 aliphatic heterocycles. The predicted octanol–water partition coefficient (Wildman–Crippen LogP) is 5.98. The van der Waals surface area contributed by atoms with Gasteiger partial charge < -0.3 is 35.0 Å². The van der Waals surface area contributed by atoms with Crippen LogP contribution in [0, 0.1) is 11.8 Å². The second kappa shape index (κ2) is 17.9. The summed E-state index contributed by atoms with van der Waals surface area (Å²) in [5.74, 6) is 0.313. The van der Waals surface area contributed by atoms with Crippen molar-refractivity contribution in [3.05, 3.63) is 23.8 Å². The van der Waals surface area contributed by atoms with Gasteiger partial charge in [-0.15, -0.1) is 0 Å². The number of hydrogen-bond acceptors (Lipinski definition) is 6. The van der Waals surface area contributed by atoms with Crippen LogP contribution in [0.3, 0.4) is 0 Å². The monoisotopic (exact) mass is 642 g/mol. The van der Waals surface area contributed by atoms with Crippen LogP contribution in [0.5, 0.6) is 5.75 Å². The highest BCUT2D eigenvalue weighted by Gasteiger charge is 2.32. The second-order valence-corrected chi connectivity index (χ2v) is 14.0. The first-order valence-corrected chi connectivity index (χ1v) is 17.8. The third-order valence-electron chi connectivity index (χ3n) is 10.0. The third kappa shape index (κ3) is 10.3. The van der Waals surface area contributed by atoms with Crippen molar-refractivity contribution in [1.82, 2.24) is 15.1 Å². The molecule has 0 bridgehead atoms. The molecule has 1 aromatic carbocycles. The van der Waals surface area contributed by atoms with E-state index < -0.39 is 6.04 Å². The van der Waals surface area contributed by atoms with Gasteiger partial charge in [0.2, 0.25) is 5.91 Å². The van der Waals surface area contributed by atoms with Crippen molar-refractivity contribution >= 4 is 23.5 Å². The van der Waals surface area contributed by atoms with Crippen LogP contribution < -0.4 is 15.4 Å². The number of ether oxygens (including phenoxy) is 2. The minimum atomic E-state index is -0.471. The minimum Gasteiger partial charge on any atom is -0.490 e. The summed E-state index contributed by atoms with van der Waals surface area (Å²) in [6.45, 7) is 7.00. The van der Waals surface area contributed by atoms with Crippen LogP contribution in [0.15, 0.2) is 18.2 Å².